The van der Waals surface area contributed by atoms with Crippen LogP contribution in [0, 0.1) is 5.41 Å². The Hall–Kier alpha value is -3.66. The lowest BCUT2D eigenvalue weighted by molar-refractivity contribution is -0.135. The van der Waals surface area contributed by atoms with Gasteiger partial charge in [0.05, 0.1) is 10.6 Å². The number of aromatic nitrogens is 1. The number of ketones is 1. The predicted molar refractivity (Wildman–Crippen MR) is 136 cm³/mol. The van der Waals surface area contributed by atoms with Crippen LogP contribution in [0.4, 0.5) is 5.69 Å². The molecule has 0 bridgehead atoms. The summed E-state index contributed by atoms with van der Waals surface area (Å²) in [5.41, 5.74) is 8.33. The highest BCUT2D eigenvalue weighted by Gasteiger charge is 2.21. The molecule has 0 saturated carbocycles. The molecule has 10 heteroatoms. The molecular weight excluding hydrogens is 468 g/mol. The number of rotatable bonds is 13. The fraction of sp³-hybridized carbons (Fsp3) is 0.320. The third-order valence-corrected chi connectivity index (χ3v) is 7.63. The van der Waals surface area contributed by atoms with Gasteiger partial charge in [-0.3, -0.25) is 15.0 Å². The molecule has 0 atom stereocenters. The van der Waals surface area contributed by atoms with Crippen molar-refractivity contribution >= 4 is 44.0 Å². The van der Waals surface area contributed by atoms with E-state index in [0.717, 1.165) is 11.1 Å². The number of sulfone groups is 1. The lowest BCUT2D eigenvalue weighted by Crippen LogP contribution is -2.12. The van der Waals surface area contributed by atoms with Crippen LogP contribution >= 0.6 is 0 Å². The predicted octanol–water partition coefficient (Wildman–Crippen LogP) is 3.10. The van der Waals surface area contributed by atoms with E-state index in [1.54, 1.807) is 48.1 Å². The van der Waals surface area contributed by atoms with Crippen LogP contribution in [0.1, 0.15) is 36.8 Å². The fourth-order valence-corrected chi connectivity index (χ4v) is 5.50. The molecule has 1 aromatic heterocycles. The van der Waals surface area contributed by atoms with E-state index >= 15 is 0 Å². The molecule has 0 aliphatic carbocycles. The van der Waals surface area contributed by atoms with Crippen LogP contribution in [0.5, 0.6) is 0 Å². The molecule has 1 heterocycles. The minimum Gasteiger partial charge on any atom is -0.480 e. The van der Waals surface area contributed by atoms with Gasteiger partial charge in [-0.2, -0.15) is 0 Å². The first-order chi connectivity index (χ1) is 16.6. The maximum absolute atomic E-state index is 13.0. The van der Waals surface area contributed by atoms with E-state index in [-0.39, 0.29) is 28.8 Å². The summed E-state index contributed by atoms with van der Waals surface area (Å²) in [7, 11) is -1.82. The number of carbonyl (C=O) groups excluding carboxylic acids is 1. The van der Waals surface area contributed by atoms with Gasteiger partial charge in [0.1, 0.15) is 18.2 Å². The SMILES string of the molecule is Cn1cc(S(=O)(=O)CCCCC(=O)CCc2ccc(C(=N)N)cc2)c2cc(NCC(=O)O)ccc21. The minimum absolute atomic E-state index is 0.00127. The summed E-state index contributed by atoms with van der Waals surface area (Å²) >= 11 is 0. The quantitative estimate of drug-likeness (QED) is 0.160. The van der Waals surface area contributed by atoms with Crippen LogP contribution in [0.2, 0.25) is 0 Å². The number of anilines is 1. The van der Waals surface area contributed by atoms with Gasteiger partial charge in [-0.25, -0.2) is 8.42 Å². The summed E-state index contributed by atoms with van der Waals surface area (Å²) in [6.45, 7) is -0.266. The van der Waals surface area contributed by atoms with E-state index in [1.165, 1.54) is 0 Å². The number of amidine groups is 1. The highest BCUT2D eigenvalue weighted by atomic mass is 32.2. The van der Waals surface area contributed by atoms with Crippen LogP contribution in [-0.4, -0.2) is 48.0 Å². The molecule has 5 N–H and O–H groups in total. The standard InChI is InChI=1S/C25H30N4O5S/c1-29-16-23(21-14-19(10-12-22(21)29)28-15-24(31)32)35(33,34)13-3-2-4-20(30)11-7-17-5-8-18(9-6-17)25(26)27/h5-6,8-10,12,14,16,28H,2-4,7,11,13,15H2,1H3,(H3,26,27)(H,31,32). The number of nitrogens with two attached hydrogens (primary N) is 1. The number of hydrogen-bond acceptors (Lipinski definition) is 6. The molecule has 9 nitrogen and oxygen atoms in total. The van der Waals surface area contributed by atoms with Crippen molar-refractivity contribution < 1.29 is 23.1 Å². The molecule has 3 rings (SSSR count). The number of aryl methyl sites for hydroxylation is 2. The Balaban J connectivity index is 1.53. The van der Waals surface area contributed by atoms with Gasteiger partial charge < -0.3 is 20.7 Å². The largest absolute Gasteiger partial charge is 0.480 e. The zero-order valence-corrected chi connectivity index (χ0v) is 20.4. The van der Waals surface area contributed by atoms with E-state index < -0.39 is 15.8 Å². The van der Waals surface area contributed by atoms with Crippen molar-refractivity contribution in [3.63, 3.8) is 0 Å². The Morgan fingerprint density at radius 3 is 2.46 bits per heavy atom. The minimum atomic E-state index is -3.58. The van der Waals surface area contributed by atoms with E-state index in [1.807, 2.05) is 12.1 Å². The third-order valence-electron chi connectivity index (χ3n) is 5.81. The molecule has 0 radical (unpaired) electrons. The van der Waals surface area contributed by atoms with E-state index in [0.29, 0.717) is 48.7 Å². The number of fused-ring (bicyclic) bond motifs is 1. The normalized spacial score (nSPS) is 11.5. The number of nitrogens with one attached hydrogen (secondary N) is 2. The molecule has 0 aliphatic heterocycles. The topological polar surface area (TPSA) is 155 Å². The lowest BCUT2D eigenvalue weighted by atomic mass is 10.0. The monoisotopic (exact) mass is 498 g/mol. The van der Waals surface area contributed by atoms with E-state index in [9.17, 15) is 18.0 Å². The zero-order valence-electron chi connectivity index (χ0n) is 19.6. The average Bonchev–Trinajstić information content (AvgIpc) is 3.16. The first-order valence-electron chi connectivity index (χ1n) is 11.3. The molecule has 0 spiro atoms. The van der Waals surface area contributed by atoms with Crippen LogP contribution in [-0.2, 0) is 32.9 Å². The van der Waals surface area contributed by atoms with Gasteiger partial charge in [-0.15, -0.1) is 0 Å². The second kappa shape index (κ2) is 11.2. The Morgan fingerprint density at radius 1 is 1.09 bits per heavy atom. The molecule has 35 heavy (non-hydrogen) atoms. The molecule has 0 fully saturated rings. The van der Waals surface area contributed by atoms with Crippen molar-refractivity contribution in [2.45, 2.75) is 37.0 Å². The van der Waals surface area contributed by atoms with Gasteiger partial charge in [0.15, 0.2) is 9.84 Å². The molecule has 2 aromatic carbocycles. The van der Waals surface area contributed by atoms with Crippen molar-refractivity contribution in [1.82, 2.24) is 4.57 Å². The number of carboxylic acid groups (broad SMARTS) is 1. The van der Waals surface area contributed by atoms with Gasteiger partial charge in [0, 0.05) is 48.2 Å². The van der Waals surface area contributed by atoms with Crippen molar-refractivity contribution in [1.29, 1.82) is 5.41 Å². The number of nitrogen functional groups attached to an aromatic ring is 1. The average molecular weight is 499 g/mol. The number of nitrogens with zero attached hydrogens (tertiary/aromatic N) is 1. The number of Topliss-reactive ketones (excluding diaryl/α,β-unsaturated/α-hetero) is 1. The second-order valence-corrected chi connectivity index (χ2v) is 10.6. The van der Waals surface area contributed by atoms with Crippen molar-refractivity contribution in [3.8, 4) is 0 Å². The lowest BCUT2D eigenvalue weighted by Gasteiger charge is -2.06. The van der Waals surface area contributed by atoms with Gasteiger partial charge in [-0.05, 0) is 43.0 Å². The summed E-state index contributed by atoms with van der Waals surface area (Å²) < 4.78 is 27.8. The Kier molecular flexibility index (Phi) is 8.29. The second-order valence-electron chi connectivity index (χ2n) is 8.51. The third kappa shape index (κ3) is 6.92. The number of aliphatic carboxylic acids is 1. The molecule has 0 amide bonds. The Morgan fingerprint density at radius 2 is 1.80 bits per heavy atom. The maximum Gasteiger partial charge on any atom is 0.322 e. The molecule has 0 aliphatic rings. The fourth-order valence-electron chi connectivity index (χ4n) is 3.88. The van der Waals surface area contributed by atoms with Gasteiger partial charge in [0.25, 0.3) is 0 Å². The number of carbonyl (C=O) groups is 2. The van der Waals surface area contributed by atoms with Crippen molar-refractivity contribution in [2.75, 3.05) is 17.6 Å². The Bertz CT molecular complexity index is 1340. The highest BCUT2D eigenvalue weighted by Crippen LogP contribution is 2.29. The van der Waals surface area contributed by atoms with Gasteiger partial charge >= 0.3 is 5.97 Å². The van der Waals surface area contributed by atoms with Gasteiger partial charge in [-0.1, -0.05) is 24.3 Å². The van der Waals surface area contributed by atoms with Crippen LogP contribution in [0.3, 0.4) is 0 Å². The van der Waals surface area contributed by atoms with Crippen LogP contribution in [0.15, 0.2) is 53.6 Å². The Labute approximate surface area is 204 Å². The van der Waals surface area contributed by atoms with E-state index in [2.05, 4.69) is 5.32 Å². The van der Waals surface area contributed by atoms with Crippen LogP contribution < -0.4 is 11.1 Å². The summed E-state index contributed by atoms with van der Waals surface area (Å²) in [4.78, 5) is 23.3. The first-order valence-corrected chi connectivity index (χ1v) is 12.9. The van der Waals surface area contributed by atoms with Crippen LogP contribution in [0.25, 0.3) is 10.9 Å². The van der Waals surface area contributed by atoms with Gasteiger partial charge in [0.2, 0.25) is 0 Å². The number of carboxylic acids is 1. The van der Waals surface area contributed by atoms with E-state index in [4.69, 9.17) is 16.2 Å². The summed E-state index contributed by atoms with van der Waals surface area (Å²) in [5.74, 6) is -0.997. The smallest absolute Gasteiger partial charge is 0.322 e. The molecule has 0 unspecified atom stereocenters. The summed E-state index contributed by atoms with van der Waals surface area (Å²) in [6.07, 6.45) is 3.71. The number of unbranched alkanes of at least 4 members (excludes halogenated alkanes) is 1. The zero-order chi connectivity index (χ0) is 25.6. The summed E-state index contributed by atoms with van der Waals surface area (Å²) in [5, 5.41) is 19.6. The summed E-state index contributed by atoms with van der Waals surface area (Å²) in [6, 6.07) is 12.3. The molecule has 3 aromatic rings. The van der Waals surface area contributed by atoms with Crippen molar-refractivity contribution in [2.24, 2.45) is 12.8 Å². The molecule has 186 valence electrons. The maximum atomic E-state index is 13.0. The molecule has 0 saturated heterocycles. The number of hydrogen-bond donors (Lipinski definition) is 4. The van der Waals surface area contributed by atoms with Crippen molar-refractivity contribution in [3.05, 3.63) is 59.8 Å². The molecular formula is C25H30N4O5S. The first kappa shape index (κ1) is 26.0. The highest BCUT2D eigenvalue weighted by molar-refractivity contribution is 7.91. The number of benzene rings is 2.